The van der Waals surface area contributed by atoms with Crippen LogP contribution in [0.4, 0.5) is 5.69 Å². The molecule has 0 fully saturated rings. The Hall–Kier alpha value is -2.25. The van der Waals surface area contributed by atoms with E-state index < -0.39 is 10.0 Å². The first-order valence-corrected chi connectivity index (χ1v) is 7.82. The average molecular weight is 306 g/mol. The van der Waals surface area contributed by atoms with Crippen LogP contribution in [0.1, 0.15) is 5.56 Å². The molecule has 110 valence electrons. The van der Waals surface area contributed by atoms with Crippen LogP contribution in [-0.4, -0.2) is 15.2 Å². The summed E-state index contributed by atoms with van der Waals surface area (Å²) in [7, 11) is -3.65. The number of hydrogen-bond donors (Lipinski definition) is 2. The molecule has 0 unspecified atom stereocenters. The van der Waals surface area contributed by atoms with E-state index in [1.165, 1.54) is 12.1 Å². The summed E-state index contributed by atoms with van der Waals surface area (Å²) in [5.74, 6) is 1.48. The van der Waals surface area contributed by atoms with Crippen LogP contribution < -0.4 is 19.9 Å². The van der Waals surface area contributed by atoms with E-state index >= 15 is 0 Å². The number of primary sulfonamides is 1. The van der Waals surface area contributed by atoms with Gasteiger partial charge in [-0.05, 0) is 42.0 Å². The number of ether oxygens (including phenoxy) is 2. The number of nitrogens with one attached hydrogen (secondary N) is 1. The van der Waals surface area contributed by atoms with Gasteiger partial charge in [0.05, 0.1) is 4.90 Å². The second-order valence-corrected chi connectivity index (χ2v) is 6.17. The van der Waals surface area contributed by atoms with Crippen molar-refractivity contribution in [2.24, 2.45) is 5.14 Å². The molecule has 2 aromatic rings. The summed E-state index contributed by atoms with van der Waals surface area (Å²) in [6.45, 7) is 0.840. The molecule has 1 heterocycles. The van der Waals surface area contributed by atoms with E-state index in [-0.39, 0.29) is 11.7 Å². The topological polar surface area (TPSA) is 90.7 Å². The Labute approximate surface area is 122 Å². The van der Waals surface area contributed by atoms with Gasteiger partial charge in [-0.2, -0.15) is 0 Å². The van der Waals surface area contributed by atoms with Gasteiger partial charge in [-0.3, -0.25) is 0 Å². The van der Waals surface area contributed by atoms with Crippen molar-refractivity contribution in [3.05, 3.63) is 48.0 Å². The van der Waals surface area contributed by atoms with E-state index in [1.807, 2.05) is 18.2 Å². The first kappa shape index (κ1) is 13.7. The Bertz CT molecular complexity index is 757. The summed E-state index contributed by atoms with van der Waals surface area (Å²) in [4.78, 5) is 0.0936. The molecule has 0 spiro atoms. The third-order valence-corrected chi connectivity index (χ3v) is 4.05. The fourth-order valence-electron chi connectivity index (χ4n) is 2.02. The Kier molecular flexibility index (Phi) is 3.44. The van der Waals surface area contributed by atoms with Crippen molar-refractivity contribution in [1.29, 1.82) is 0 Å². The maximum atomic E-state index is 11.2. The number of sulfonamides is 1. The maximum absolute atomic E-state index is 11.2. The van der Waals surface area contributed by atoms with Crippen LogP contribution in [0.15, 0.2) is 47.4 Å². The lowest BCUT2D eigenvalue weighted by atomic mass is 10.2. The number of benzene rings is 2. The van der Waals surface area contributed by atoms with E-state index in [2.05, 4.69) is 5.32 Å². The zero-order valence-corrected chi connectivity index (χ0v) is 11.9. The van der Waals surface area contributed by atoms with E-state index in [4.69, 9.17) is 14.6 Å². The third kappa shape index (κ3) is 3.09. The molecule has 21 heavy (non-hydrogen) atoms. The lowest BCUT2D eigenvalue weighted by Crippen LogP contribution is -2.12. The van der Waals surface area contributed by atoms with Gasteiger partial charge in [-0.1, -0.05) is 6.07 Å². The fraction of sp³-hybridized carbons (Fsp3) is 0.143. The van der Waals surface area contributed by atoms with Crippen LogP contribution in [0.3, 0.4) is 0 Å². The van der Waals surface area contributed by atoms with Gasteiger partial charge in [-0.25, -0.2) is 13.6 Å². The third-order valence-electron chi connectivity index (χ3n) is 3.12. The zero-order chi connectivity index (χ0) is 14.9. The van der Waals surface area contributed by atoms with Crippen LogP contribution in [0, 0.1) is 0 Å². The minimum Gasteiger partial charge on any atom is -0.454 e. The predicted molar refractivity (Wildman–Crippen MR) is 77.7 cm³/mol. The smallest absolute Gasteiger partial charge is 0.238 e. The molecule has 7 heteroatoms. The van der Waals surface area contributed by atoms with Gasteiger partial charge in [0.1, 0.15) is 0 Å². The van der Waals surface area contributed by atoms with Gasteiger partial charge in [-0.15, -0.1) is 0 Å². The van der Waals surface area contributed by atoms with Crippen LogP contribution in [0.2, 0.25) is 0 Å². The summed E-state index contributed by atoms with van der Waals surface area (Å²) in [6.07, 6.45) is 0. The Morgan fingerprint density at radius 3 is 2.48 bits per heavy atom. The highest BCUT2D eigenvalue weighted by Crippen LogP contribution is 2.32. The minimum atomic E-state index is -3.65. The second kappa shape index (κ2) is 5.27. The molecule has 0 bridgehead atoms. The van der Waals surface area contributed by atoms with Crippen molar-refractivity contribution in [1.82, 2.24) is 0 Å². The molecule has 3 N–H and O–H groups in total. The molecule has 0 saturated carbocycles. The highest BCUT2D eigenvalue weighted by atomic mass is 32.2. The molecule has 0 saturated heterocycles. The van der Waals surface area contributed by atoms with Crippen LogP contribution in [0.5, 0.6) is 11.5 Å². The van der Waals surface area contributed by atoms with Gasteiger partial charge in [0.2, 0.25) is 16.8 Å². The SMILES string of the molecule is NS(=O)(=O)c1ccc(NCc2ccc3c(c2)OCO3)cc1. The number of rotatable bonds is 4. The van der Waals surface area contributed by atoms with Gasteiger partial charge >= 0.3 is 0 Å². The van der Waals surface area contributed by atoms with Crippen LogP contribution >= 0.6 is 0 Å². The Morgan fingerprint density at radius 1 is 1.05 bits per heavy atom. The summed E-state index contributed by atoms with van der Waals surface area (Å²) in [5, 5.41) is 8.25. The van der Waals surface area contributed by atoms with Gasteiger partial charge in [0.15, 0.2) is 11.5 Å². The Balaban J connectivity index is 1.68. The molecule has 1 aliphatic heterocycles. The standard InChI is InChI=1S/C14H14N2O4S/c15-21(17,18)12-4-2-11(3-5-12)16-8-10-1-6-13-14(7-10)20-9-19-13/h1-7,16H,8-9H2,(H2,15,17,18). The summed E-state index contributed by atoms with van der Waals surface area (Å²) in [6, 6.07) is 12.0. The largest absolute Gasteiger partial charge is 0.454 e. The summed E-state index contributed by atoms with van der Waals surface area (Å²) >= 11 is 0. The monoisotopic (exact) mass is 306 g/mol. The normalized spacial score (nSPS) is 13.2. The summed E-state index contributed by atoms with van der Waals surface area (Å²) < 4.78 is 32.9. The first-order chi connectivity index (χ1) is 10.0. The average Bonchev–Trinajstić information content (AvgIpc) is 2.92. The van der Waals surface area contributed by atoms with Crippen molar-refractivity contribution < 1.29 is 17.9 Å². The molecule has 2 aromatic carbocycles. The molecule has 1 aliphatic rings. The fourth-order valence-corrected chi connectivity index (χ4v) is 2.53. The minimum absolute atomic E-state index is 0.0936. The lowest BCUT2D eigenvalue weighted by Gasteiger charge is -2.08. The molecule has 0 aromatic heterocycles. The van der Waals surface area contributed by atoms with E-state index in [0.717, 1.165) is 22.7 Å². The van der Waals surface area contributed by atoms with E-state index in [0.29, 0.717) is 6.54 Å². The molecule has 0 aliphatic carbocycles. The highest BCUT2D eigenvalue weighted by molar-refractivity contribution is 7.89. The van der Waals surface area contributed by atoms with Gasteiger partial charge in [0.25, 0.3) is 0 Å². The van der Waals surface area contributed by atoms with E-state index in [9.17, 15) is 8.42 Å². The highest BCUT2D eigenvalue weighted by Gasteiger charge is 2.13. The van der Waals surface area contributed by atoms with Crippen LogP contribution in [-0.2, 0) is 16.6 Å². The van der Waals surface area contributed by atoms with Crippen LogP contribution in [0.25, 0.3) is 0 Å². The number of anilines is 1. The molecule has 3 rings (SSSR count). The molecule has 0 atom stereocenters. The summed E-state index contributed by atoms with van der Waals surface area (Å²) in [5.41, 5.74) is 1.84. The lowest BCUT2D eigenvalue weighted by molar-refractivity contribution is 0.174. The number of fused-ring (bicyclic) bond motifs is 1. The Morgan fingerprint density at radius 2 is 1.76 bits per heavy atom. The number of nitrogens with two attached hydrogens (primary N) is 1. The van der Waals surface area contributed by atoms with E-state index in [1.54, 1.807) is 12.1 Å². The van der Waals surface area contributed by atoms with Gasteiger partial charge < -0.3 is 14.8 Å². The molecule has 6 nitrogen and oxygen atoms in total. The quantitative estimate of drug-likeness (QED) is 0.896. The van der Waals surface area contributed by atoms with Crippen molar-refractivity contribution in [2.75, 3.05) is 12.1 Å². The molecular formula is C14H14N2O4S. The second-order valence-electron chi connectivity index (χ2n) is 4.61. The number of hydrogen-bond acceptors (Lipinski definition) is 5. The van der Waals surface area contributed by atoms with Crippen molar-refractivity contribution >= 4 is 15.7 Å². The van der Waals surface area contributed by atoms with Crippen molar-refractivity contribution in [3.63, 3.8) is 0 Å². The first-order valence-electron chi connectivity index (χ1n) is 6.28. The maximum Gasteiger partial charge on any atom is 0.238 e. The van der Waals surface area contributed by atoms with Crippen molar-refractivity contribution in [3.8, 4) is 11.5 Å². The predicted octanol–water partition coefficient (Wildman–Crippen LogP) is 1.67. The molecule has 0 amide bonds. The zero-order valence-electron chi connectivity index (χ0n) is 11.1. The molecule has 0 radical (unpaired) electrons. The van der Waals surface area contributed by atoms with Crippen molar-refractivity contribution in [2.45, 2.75) is 11.4 Å². The molecular weight excluding hydrogens is 292 g/mol. The van der Waals surface area contributed by atoms with Gasteiger partial charge in [0, 0.05) is 12.2 Å².